The Balaban J connectivity index is 2.17. The predicted octanol–water partition coefficient (Wildman–Crippen LogP) is 1.44. The third-order valence-electron chi connectivity index (χ3n) is 1.98. The van der Waals surface area contributed by atoms with Crippen LogP contribution in [0.15, 0.2) is 12.3 Å². The molecule has 0 aliphatic heterocycles. The molecule has 0 amide bonds. The second kappa shape index (κ2) is 5.02. The topological polar surface area (TPSA) is 29.9 Å². The molecule has 1 rings (SSSR count). The molecule has 0 bridgehead atoms. The van der Waals surface area contributed by atoms with E-state index < -0.39 is 0 Å². The lowest BCUT2D eigenvalue weighted by atomic mass is 10.2. The molecule has 3 nitrogen and oxygen atoms in total. The van der Waals surface area contributed by atoms with Crippen LogP contribution in [0.4, 0.5) is 0 Å². The van der Waals surface area contributed by atoms with E-state index in [4.69, 9.17) is 0 Å². The Labute approximate surface area is 80.1 Å². The van der Waals surface area contributed by atoms with Gasteiger partial charge in [0.1, 0.15) is 0 Å². The van der Waals surface area contributed by atoms with E-state index in [2.05, 4.69) is 31.2 Å². The zero-order valence-corrected chi connectivity index (χ0v) is 8.75. The van der Waals surface area contributed by atoms with E-state index in [9.17, 15) is 0 Å². The van der Waals surface area contributed by atoms with E-state index in [0.29, 0.717) is 0 Å². The average molecular weight is 181 g/mol. The average Bonchev–Trinajstić information content (AvgIpc) is 2.45. The molecule has 0 fully saturated rings. The van der Waals surface area contributed by atoms with E-state index in [0.717, 1.165) is 25.6 Å². The van der Waals surface area contributed by atoms with Crippen molar-refractivity contribution in [3.05, 3.63) is 18.0 Å². The predicted molar refractivity (Wildman–Crippen MR) is 54.7 cm³/mol. The molecule has 0 aromatic carbocycles. The van der Waals surface area contributed by atoms with E-state index in [1.807, 2.05) is 16.9 Å². The minimum atomic E-state index is 0.721. The molecular weight excluding hydrogens is 162 g/mol. The van der Waals surface area contributed by atoms with Crippen molar-refractivity contribution in [1.29, 1.82) is 0 Å². The minimum absolute atomic E-state index is 0.721. The summed E-state index contributed by atoms with van der Waals surface area (Å²) in [6.07, 6.45) is 1.85. The van der Waals surface area contributed by atoms with Crippen LogP contribution in [0, 0.1) is 12.8 Å². The molecule has 74 valence electrons. The van der Waals surface area contributed by atoms with Crippen molar-refractivity contribution >= 4 is 0 Å². The van der Waals surface area contributed by atoms with E-state index in [1.165, 1.54) is 5.69 Å². The minimum Gasteiger partial charge on any atom is -0.315 e. The third kappa shape index (κ3) is 3.59. The zero-order valence-electron chi connectivity index (χ0n) is 8.75. The standard InChI is InChI=1S/C10H19N3/c1-9(2)8-11-6-7-13-10(3)4-5-12-13/h4-5,9,11H,6-8H2,1-3H3. The van der Waals surface area contributed by atoms with Crippen molar-refractivity contribution in [3.63, 3.8) is 0 Å². The maximum absolute atomic E-state index is 4.21. The van der Waals surface area contributed by atoms with Crippen LogP contribution in [0.3, 0.4) is 0 Å². The number of aromatic nitrogens is 2. The van der Waals surface area contributed by atoms with E-state index in [-0.39, 0.29) is 0 Å². The van der Waals surface area contributed by atoms with Gasteiger partial charge in [-0.25, -0.2) is 0 Å². The zero-order chi connectivity index (χ0) is 9.68. The normalized spacial score (nSPS) is 11.1. The molecule has 0 radical (unpaired) electrons. The fourth-order valence-electron chi connectivity index (χ4n) is 1.21. The van der Waals surface area contributed by atoms with Crippen LogP contribution < -0.4 is 5.32 Å². The lowest BCUT2D eigenvalue weighted by Crippen LogP contribution is -2.24. The summed E-state index contributed by atoms with van der Waals surface area (Å²) in [5.41, 5.74) is 1.23. The number of hydrogen-bond donors (Lipinski definition) is 1. The van der Waals surface area contributed by atoms with Crippen molar-refractivity contribution in [2.45, 2.75) is 27.3 Å². The van der Waals surface area contributed by atoms with Crippen LogP contribution in [-0.2, 0) is 6.54 Å². The summed E-state index contributed by atoms with van der Waals surface area (Å²) >= 11 is 0. The SMILES string of the molecule is Cc1ccnn1CCNCC(C)C. The first-order valence-corrected chi connectivity index (χ1v) is 4.89. The molecule has 1 aromatic rings. The molecule has 1 aromatic heterocycles. The highest BCUT2D eigenvalue weighted by Crippen LogP contribution is 1.94. The first kappa shape index (κ1) is 10.3. The van der Waals surface area contributed by atoms with Crippen molar-refractivity contribution in [1.82, 2.24) is 15.1 Å². The van der Waals surface area contributed by atoms with Gasteiger partial charge in [-0.15, -0.1) is 0 Å². The number of rotatable bonds is 5. The second-order valence-corrected chi connectivity index (χ2v) is 3.79. The Morgan fingerprint density at radius 1 is 1.54 bits per heavy atom. The van der Waals surface area contributed by atoms with Crippen LogP contribution >= 0.6 is 0 Å². The first-order valence-electron chi connectivity index (χ1n) is 4.89. The monoisotopic (exact) mass is 181 g/mol. The van der Waals surface area contributed by atoms with Crippen LogP contribution in [0.5, 0.6) is 0 Å². The first-order chi connectivity index (χ1) is 6.20. The van der Waals surface area contributed by atoms with Gasteiger partial charge in [-0.05, 0) is 25.5 Å². The number of hydrogen-bond acceptors (Lipinski definition) is 2. The van der Waals surface area contributed by atoms with Crippen LogP contribution in [0.1, 0.15) is 19.5 Å². The number of nitrogens with one attached hydrogen (secondary N) is 1. The quantitative estimate of drug-likeness (QED) is 0.697. The number of nitrogens with zero attached hydrogens (tertiary/aromatic N) is 2. The molecule has 0 saturated carbocycles. The molecule has 0 atom stereocenters. The van der Waals surface area contributed by atoms with Crippen LogP contribution in [0.2, 0.25) is 0 Å². The van der Waals surface area contributed by atoms with Gasteiger partial charge >= 0.3 is 0 Å². The van der Waals surface area contributed by atoms with Gasteiger partial charge in [0, 0.05) is 18.4 Å². The van der Waals surface area contributed by atoms with Gasteiger partial charge in [0.05, 0.1) is 6.54 Å². The molecule has 0 aliphatic rings. The molecule has 1 N–H and O–H groups in total. The highest BCUT2D eigenvalue weighted by Gasteiger charge is 1.96. The summed E-state index contributed by atoms with van der Waals surface area (Å²) in [7, 11) is 0. The van der Waals surface area contributed by atoms with Gasteiger partial charge in [-0.3, -0.25) is 4.68 Å². The lowest BCUT2D eigenvalue weighted by molar-refractivity contribution is 0.501. The van der Waals surface area contributed by atoms with E-state index in [1.54, 1.807) is 0 Å². The second-order valence-electron chi connectivity index (χ2n) is 3.79. The molecule has 0 unspecified atom stereocenters. The van der Waals surface area contributed by atoms with Gasteiger partial charge < -0.3 is 5.32 Å². The van der Waals surface area contributed by atoms with Crippen molar-refractivity contribution in [3.8, 4) is 0 Å². The van der Waals surface area contributed by atoms with Gasteiger partial charge in [-0.2, -0.15) is 5.10 Å². The Hall–Kier alpha value is -0.830. The molecule has 13 heavy (non-hydrogen) atoms. The van der Waals surface area contributed by atoms with Gasteiger partial charge in [0.25, 0.3) is 0 Å². The van der Waals surface area contributed by atoms with Crippen molar-refractivity contribution in [2.75, 3.05) is 13.1 Å². The number of aryl methyl sites for hydroxylation is 1. The smallest absolute Gasteiger partial charge is 0.0537 e. The summed E-state index contributed by atoms with van der Waals surface area (Å²) in [6, 6.07) is 2.03. The Bertz CT molecular complexity index is 240. The Morgan fingerprint density at radius 2 is 2.31 bits per heavy atom. The van der Waals surface area contributed by atoms with Crippen LogP contribution in [0.25, 0.3) is 0 Å². The molecule has 3 heteroatoms. The maximum atomic E-state index is 4.21. The Morgan fingerprint density at radius 3 is 2.85 bits per heavy atom. The molecular formula is C10H19N3. The maximum Gasteiger partial charge on any atom is 0.0537 e. The third-order valence-corrected chi connectivity index (χ3v) is 1.98. The fourth-order valence-corrected chi connectivity index (χ4v) is 1.21. The highest BCUT2D eigenvalue weighted by molar-refractivity contribution is 4.96. The summed E-state index contributed by atoms with van der Waals surface area (Å²) in [6.45, 7) is 9.56. The van der Waals surface area contributed by atoms with Gasteiger partial charge in [0.15, 0.2) is 0 Å². The van der Waals surface area contributed by atoms with Crippen molar-refractivity contribution in [2.24, 2.45) is 5.92 Å². The summed E-state index contributed by atoms with van der Waals surface area (Å²) in [4.78, 5) is 0. The van der Waals surface area contributed by atoms with E-state index >= 15 is 0 Å². The summed E-state index contributed by atoms with van der Waals surface area (Å²) < 4.78 is 2.02. The summed E-state index contributed by atoms with van der Waals surface area (Å²) in [5, 5.41) is 7.60. The lowest BCUT2D eigenvalue weighted by Gasteiger charge is -2.08. The molecule has 0 spiro atoms. The highest BCUT2D eigenvalue weighted by atomic mass is 15.3. The van der Waals surface area contributed by atoms with Crippen LogP contribution in [-0.4, -0.2) is 22.9 Å². The molecule has 0 saturated heterocycles. The van der Waals surface area contributed by atoms with Gasteiger partial charge in [0.2, 0.25) is 0 Å². The molecule has 0 aliphatic carbocycles. The van der Waals surface area contributed by atoms with Crippen molar-refractivity contribution < 1.29 is 0 Å². The largest absolute Gasteiger partial charge is 0.315 e. The fraction of sp³-hybridized carbons (Fsp3) is 0.700. The molecule has 1 heterocycles. The Kier molecular flexibility index (Phi) is 3.96. The summed E-state index contributed by atoms with van der Waals surface area (Å²) in [5.74, 6) is 0.721. The van der Waals surface area contributed by atoms with Gasteiger partial charge in [-0.1, -0.05) is 13.8 Å².